The molecule has 1 aliphatic rings. The normalized spacial score (nSPS) is 21.1. The monoisotopic (exact) mass is 356 g/mol. The number of nitrogens with zero attached hydrogens (tertiary/aromatic N) is 1. The van der Waals surface area contributed by atoms with Gasteiger partial charge in [0.15, 0.2) is 6.29 Å². The number of likely N-dealkylation sites (N-methyl/N-ethyl adjacent to an activating group) is 1. The van der Waals surface area contributed by atoms with Gasteiger partial charge in [-0.1, -0.05) is 77.6 Å². The molecule has 0 radical (unpaired) electrons. The Morgan fingerprint density at radius 3 is 1.92 bits per heavy atom. The van der Waals surface area contributed by atoms with Crippen LogP contribution in [0.3, 0.4) is 0 Å². The van der Waals surface area contributed by atoms with Crippen LogP contribution < -0.4 is 0 Å². The van der Waals surface area contributed by atoms with Gasteiger partial charge >= 0.3 is 0 Å². The third-order valence-corrected chi connectivity index (χ3v) is 5.26. The van der Waals surface area contributed by atoms with Crippen LogP contribution in [0.1, 0.15) is 96.8 Å². The molecule has 3 heteroatoms. The van der Waals surface area contributed by atoms with Gasteiger partial charge in [-0.15, -0.1) is 0 Å². The summed E-state index contributed by atoms with van der Waals surface area (Å²) in [6.07, 6.45) is 19.6. The Morgan fingerprint density at radius 1 is 0.800 bits per heavy atom. The molecule has 0 spiro atoms. The smallest absolute Gasteiger partial charge is 0.158 e. The molecule has 1 saturated heterocycles. The average Bonchev–Trinajstić information content (AvgIpc) is 2.99. The molecule has 0 unspecified atom stereocenters. The molecule has 0 aromatic heterocycles. The van der Waals surface area contributed by atoms with E-state index in [1.54, 1.807) is 0 Å². The van der Waals surface area contributed by atoms with Crippen molar-refractivity contribution >= 4 is 0 Å². The lowest BCUT2D eigenvalue weighted by molar-refractivity contribution is -0.871. The highest BCUT2D eigenvalue weighted by atomic mass is 16.7. The molecule has 0 aliphatic carbocycles. The van der Waals surface area contributed by atoms with E-state index in [1.807, 2.05) is 0 Å². The summed E-state index contributed by atoms with van der Waals surface area (Å²) in [7, 11) is 6.61. The lowest BCUT2D eigenvalue weighted by Gasteiger charge is -2.24. The van der Waals surface area contributed by atoms with Crippen molar-refractivity contribution in [1.82, 2.24) is 0 Å². The summed E-state index contributed by atoms with van der Waals surface area (Å²) in [5.41, 5.74) is 0. The van der Waals surface area contributed by atoms with Gasteiger partial charge in [0.25, 0.3) is 0 Å². The van der Waals surface area contributed by atoms with E-state index in [-0.39, 0.29) is 6.29 Å². The molecule has 0 bridgehead atoms. The number of hydrogen-bond acceptors (Lipinski definition) is 2. The molecule has 0 aromatic rings. The van der Waals surface area contributed by atoms with Crippen LogP contribution in [-0.2, 0) is 9.47 Å². The zero-order valence-corrected chi connectivity index (χ0v) is 17.7. The maximum Gasteiger partial charge on any atom is 0.158 e. The standard InChI is InChI=1S/C22H46NO2/c1-5-6-7-8-9-10-11-12-13-14-15-16-21-17-18-22(25-21)24-20-19-23(2,3)4/h21-22H,5-20H2,1-4H3/q+1/t21-,22+/m1/s1. The maximum atomic E-state index is 6.04. The first kappa shape index (κ1) is 22.9. The minimum Gasteiger partial charge on any atom is -0.349 e. The topological polar surface area (TPSA) is 18.5 Å². The van der Waals surface area contributed by atoms with E-state index in [9.17, 15) is 0 Å². The van der Waals surface area contributed by atoms with Gasteiger partial charge in [-0.3, -0.25) is 0 Å². The predicted molar refractivity (Wildman–Crippen MR) is 108 cm³/mol. The van der Waals surface area contributed by atoms with Crippen LogP contribution in [0.5, 0.6) is 0 Å². The zero-order valence-electron chi connectivity index (χ0n) is 17.7. The first-order valence-corrected chi connectivity index (χ1v) is 11.1. The summed E-state index contributed by atoms with van der Waals surface area (Å²) in [6.45, 7) is 4.14. The molecule has 0 amide bonds. The third kappa shape index (κ3) is 13.7. The van der Waals surface area contributed by atoms with Gasteiger partial charge < -0.3 is 14.0 Å². The van der Waals surface area contributed by atoms with Crippen molar-refractivity contribution in [2.45, 2.75) is 109 Å². The van der Waals surface area contributed by atoms with Crippen LogP contribution in [0.25, 0.3) is 0 Å². The van der Waals surface area contributed by atoms with Crippen LogP contribution in [0.2, 0.25) is 0 Å². The van der Waals surface area contributed by atoms with Crippen LogP contribution in [-0.4, -0.2) is 51.2 Å². The lowest BCUT2D eigenvalue weighted by atomic mass is 10.0. The van der Waals surface area contributed by atoms with E-state index in [4.69, 9.17) is 9.47 Å². The van der Waals surface area contributed by atoms with Crippen molar-refractivity contribution in [2.24, 2.45) is 0 Å². The molecule has 150 valence electrons. The molecular formula is C22H46NO2+. The second-order valence-corrected chi connectivity index (χ2v) is 8.97. The second-order valence-electron chi connectivity index (χ2n) is 8.97. The maximum absolute atomic E-state index is 6.04. The van der Waals surface area contributed by atoms with E-state index in [0.717, 1.165) is 24.1 Å². The fraction of sp³-hybridized carbons (Fsp3) is 1.00. The van der Waals surface area contributed by atoms with Gasteiger partial charge in [-0.2, -0.15) is 0 Å². The van der Waals surface area contributed by atoms with Gasteiger partial charge in [0.1, 0.15) is 6.54 Å². The van der Waals surface area contributed by atoms with E-state index in [0.29, 0.717) is 6.10 Å². The van der Waals surface area contributed by atoms with Crippen LogP contribution in [0.4, 0.5) is 0 Å². The molecule has 2 atom stereocenters. The molecule has 0 aromatic carbocycles. The quantitative estimate of drug-likeness (QED) is 0.253. The van der Waals surface area contributed by atoms with E-state index >= 15 is 0 Å². The minimum atomic E-state index is 0.0595. The largest absolute Gasteiger partial charge is 0.349 e. The molecule has 0 saturated carbocycles. The summed E-state index contributed by atoms with van der Waals surface area (Å²) in [4.78, 5) is 0. The number of hydrogen-bond donors (Lipinski definition) is 0. The average molecular weight is 357 g/mol. The summed E-state index contributed by atoms with van der Waals surface area (Å²) in [5, 5.41) is 0. The Labute approximate surface area is 158 Å². The van der Waals surface area contributed by atoms with Gasteiger partial charge in [-0.25, -0.2) is 0 Å². The fourth-order valence-electron chi connectivity index (χ4n) is 3.50. The van der Waals surface area contributed by atoms with Crippen molar-refractivity contribution in [2.75, 3.05) is 34.3 Å². The molecule has 25 heavy (non-hydrogen) atoms. The first-order valence-electron chi connectivity index (χ1n) is 11.1. The summed E-state index contributed by atoms with van der Waals surface area (Å²) in [6, 6.07) is 0. The molecule has 0 N–H and O–H groups in total. The van der Waals surface area contributed by atoms with Gasteiger partial charge in [0.05, 0.1) is 33.9 Å². The highest BCUT2D eigenvalue weighted by molar-refractivity contribution is 4.68. The summed E-state index contributed by atoms with van der Waals surface area (Å²) < 4.78 is 12.9. The van der Waals surface area contributed by atoms with Crippen molar-refractivity contribution in [3.05, 3.63) is 0 Å². The van der Waals surface area contributed by atoms with Gasteiger partial charge in [0, 0.05) is 6.42 Å². The Morgan fingerprint density at radius 2 is 1.36 bits per heavy atom. The van der Waals surface area contributed by atoms with Crippen molar-refractivity contribution in [1.29, 1.82) is 0 Å². The van der Waals surface area contributed by atoms with E-state index in [2.05, 4.69) is 28.1 Å². The van der Waals surface area contributed by atoms with Crippen LogP contribution in [0.15, 0.2) is 0 Å². The summed E-state index contributed by atoms with van der Waals surface area (Å²) in [5.74, 6) is 0. The van der Waals surface area contributed by atoms with Crippen LogP contribution in [0, 0.1) is 0 Å². The van der Waals surface area contributed by atoms with Crippen molar-refractivity contribution in [3.63, 3.8) is 0 Å². The first-order chi connectivity index (χ1) is 12.0. The minimum absolute atomic E-state index is 0.0595. The zero-order chi connectivity index (χ0) is 18.4. The Balaban J connectivity index is 1.85. The Hall–Kier alpha value is -0.120. The van der Waals surface area contributed by atoms with Gasteiger partial charge in [0.2, 0.25) is 0 Å². The Kier molecular flexibility index (Phi) is 12.8. The number of rotatable bonds is 16. The summed E-state index contributed by atoms with van der Waals surface area (Å²) >= 11 is 0. The molecular weight excluding hydrogens is 310 g/mol. The highest BCUT2D eigenvalue weighted by Crippen LogP contribution is 2.25. The SMILES string of the molecule is CCCCCCCCCCCCC[C@@H]1CC[C@@H](OCC[N+](C)(C)C)O1. The Bertz CT molecular complexity index is 301. The third-order valence-electron chi connectivity index (χ3n) is 5.26. The van der Waals surface area contributed by atoms with Crippen molar-refractivity contribution < 1.29 is 14.0 Å². The van der Waals surface area contributed by atoms with Crippen molar-refractivity contribution in [3.8, 4) is 0 Å². The molecule has 1 heterocycles. The van der Waals surface area contributed by atoms with E-state index in [1.165, 1.54) is 83.5 Å². The fourth-order valence-corrected chi connectivity index (χ4v) is 3.50. The van der Waals surface area contributed by atoms with E-state index < -0.39 is 0 Å². The van der Waals surface area contributed by atoms with Crippen LogP contribution >= 0.6 is 0 Å². The molecule has 3 nitrogen and oxygen atoms in total. The number of ether oxygens (including phenoxy) is 2. The predicted octanol–water partition coefficient (Wildman–Crippen LogP) is 5.92. The second kappa shape index (κ2) is 14.0. The lowest BCUT2D eigenvalue weighted by Crippen LogP contribution is -2.38. The number of quaternary nitrogens is 1. The molecule has 1 fully saturated rings. The highest BCUT2D eigenvalue weighted by Gasteiger charge is 2.25. The molecule has 1 rings (SSSR count). The van der Waals surface area contributed by atoms with Gasteiger partial charge in [-0.05, 0) is 12.8 Å². The number of unbranched alkanes of at least 4 members (excludes halogenated alkanes) is 10. The molecule has 1 aliphatic heterocycles.